The van der Waals surface area contributed by atoms with Crippen molar-refractivity contribution in [3.63, 3.8) is 0 Å². The van der Waals surface area contributed by atoms with Crippen molar-refractivity contribution in [2.45, 2.75) is 13.0 Å². The summed E-state index contributed by atoms with van der Waals surface area (Å²) in [4.78, 5) is 6.25. The average molecular weight is 245 g/mol. The van der Waals surface area contributed by atoms with E-state index in [4.69, 9.17) is 5.73 Å². The van der Waals surface area contributed by atoms with E-state index in [9.17, 15) is 4.39 Å². The van der Waals surface area contributed by atoms with Crippen LogP contribution >= 0.6 is 0 Å². The van der Waals surface area contributed by atoms with Gasteiger partial charge in [0.15, 0.2) is 0 Å². The van der Waals surface area contributed by atoms with Crippen molar-refractivity contribution in [1.82, 2.24) is 4.98 Å². The second kappa shape index (κ2) is 5.14. The minimum absolute atomic E-state index is 0.100. The highest BCUT2D eigenvalue weighted by molar-refractivity contribution is 5.62. The summed E-state index contributed by atoms with van der Waals surface area (Å²) in [5.74, 6) is 0.541. The van der Waals surface area contributed by atoms with Gasteiger partial charge in [-0.1, -0.05) is 6.07 Å². The van der Waals surface area contributed by atoms with E-state index in [0.29, 0.717) is 0 Å². The Balaban J connectivity index is 2.39. The van der Waals surface area contributed by atoms with Crippen LogP contribution in [0.2, 0.25) is 0 Å². The normalized spacial score (nSPS) is 12.2. The summed E-state index contributed by atoms with van der Waals surface area (Å²) in [6.45, 7) is 1.92. The van der Waals surface area contributed by atoms with Crippen LogP contribution in [0.4, 0.5) is 15.9 Å². The Morgan fingerprint density at radius 3 is 2.50 bits per heavy atom. The molecule has 3 nitrogen and oxygen atoms in total. The molecule has 1 atom stereocenters. The molecule has 0 aliphatic rings. The predicted molar refractivity (Wildman–Crippen MR) is 71.3 cm³/mol. The monoisotopic (exact) mass is 245 g/mol. The van der Waals surface area contributed by atoms with E-state index in [1.807, 2.05) is 31.0 Å². The lowest BCUT2D eigenvalue weighted by molar-refractivity contribution is 0.628. The number of nitrogens with zero attached hydrogens (tertiary/aromatic N) is 2. The third kappa shape index (κ3) is 2.49. The van der Waals surface area contributed by atoms with E-state index in [2.05, 4.69) is 4.98 Å². The number of aromatic nitrogens is 1. The summed E-state index contributed by atoms with van der Waals surface area (Å²) < 4.78 is 12.9. The standard InChI is InChI=1S/C14H16FN3/c1-10(16)13-4-3-9-17-14(13)18(2)12-7-5-11(15)6-8-12/h3-10H,16H2,1-2H3/t10-/m1/s1. The fraction of sp³-hybridized carbons (Fsp3) is 0.214. The summed E-state index contributed by atoms with van der Waals surface area (Å²) in [6, 6.07) is 10.0. The van der Waals surface area contributed by atoms with Gasteiger partial charge >= 0.3 is 0 Å². The van der Waals surface area contributed by atoms with Gasteiger partial charge in [-0.2, -0.15) is 0 Å². The van der Waals surface area contributed by atoms with Crippen LogP contribution in [0.3, 0.4) is 0 Å². The molecule has 94 valence electrons. The number of pyridine rings is 1. The molecule has 18 heavy (non-hydrogen) atoms. The van der Waals surface area contributed by atoms with Gasteiger partial charge in [0, 0.05) is 30.5 Å². The lowest BCUT2D eigenvalue weighted by Crippen LogP contribution is -2.17. The second-order valence-electron chi connectivity index (χ2n) is 4.24. The van der Waals surface area contributed by atoms with Gasteiger partial charge in [0.05, 0.1) is 0 Å². The number of benzene rings is 1. The van der Waals surface area contributed by atoms with Crippen LogP contribution in [-0.4, -0.2) is 12.0 Å². The summed E-state index contributed by atoms with van der Waals surface area (Å²) in [6.07, 6.45) is 1.72. The first-order valence-electron chi connectivity index (χ1n) is 5.79. The Labute approximate surface area is 106 Å². The topological polar surface area (TPSA) is 42.1 Å². The zero-order chi connectivity index (χ0) is 13.1. The Bertz CT molecular complexity index is 523. The van der Waals surface area contributed by atoms with Crippen molar-refractivity contribution in [3.8, 4) is 0 Å². The number of hydrogen-bond donors (Lipinski definition) is 1. The molecule has 0 unspecified atom stereocenters. The van der Waals surface area contributed by atoms with Crippen LogP contribution in [0.5, 0.6) is 0 Å². The van der Waals surface area contributed by atoms with Gasteiger partial charge in [-0.15, -0.1) is 0 Å². The van der Waals surface area contributed by atoms with Crippen molar-refractivity contribution in [2.24, 2.45) is 5.73 Å². The van der Waals surface area contributed by atoms with Crippen LogP contribution in [0.15, 0.2) is 42.6 Å². The van der Waals surface area contributed by atoms with Gasteiger partial charge in [0.2, 0.25) is 0 Å². The number of rotatable bonds is 3. The van der Waals surface area contributed by atoms with Crippen LogP contribution in [0.25, 0.3) is 0 Å². The van der Waals surface area contributed by atoms with Gasteiger partial charge in [0.25, 0.3) is 0 Å². The lowest BCUT2D eigenvalue weighted by atomic mass is 10.1. The highest BCUT2D eigenvalue weighted by atomic mass is 19.1. The summed E-state index contributed by atoms with van der Waals surface area (Å²) in [5, 5.41) is 0. The van der Waals surface area contributed by atoms with Crippen LogP contribution in [0.1, 0.15) is 18.5 Å². The molecular formula is C14H16FN3. The zero-order valence-corrected chi connectivity index (χ0v) is 10.5. The Morgan fingerprint density at radius 1 is 1.22 bits per heavy atom. The van der Waals surface area contributed by atoms with Crippen molar-refractivity contribution in [3.05, 3.63) is 54.0 Å². The van der Waals surface area contributed by atoms with Crippen molar-refractivity contribution in [2.75, 3.05) is 11.9 Å². The molecular weight excluding hydrogens is 229 g/mol. The molecule has 0 aliphatic heterocycles. The predicted octanol–water partition coefficient (Wildman–Crippen LogP) is 3.01. The first-order valence-corrected chi connectivity index (χ1v) is 5.79. The Kier molecular flexibility index (Phi) is 3.58. The van der Waals surface area contributed by atoms with Crippen molar-refractivity contribution < 1.29 is 4.39 Å². The molecule has 0 bridgehead atoms. The number of hydrogen-bond acceptors (Lipinski definition) is 3. The molecule has 2 N–H and O–H groups in total. The fourth-order valence-corrected chi connectivity index (χ4v) is 1.83. The van der Waals surface area contributed by atoms with Gasteiger partial charge in [-0.3, -0.25) is 0 Å². The van der Waals surface area contributed by atoms with E-state index < -0.39 is 0 Å². The molecule has 1 aromatic heterocycles. The van der Waals surface area contributed by atoms with Crippen molar-refractivity contribution in [1.29, 1.82) is 0 Å². The maximum atomic E-state index is 12.9. The second-order valence-corrected chi connectivity index (χ2v) is 4.24. The summed E-state index contributed by atoms with van der Waals surface area (Å²) in [7, 11) is 1.89. The highest BCUT2D eigenvalue weighted by Gasteiger charge is 2.12. The van der Waals surface area contributed by atoms with Crippen molar-refractivity contribution >= 4 is 11.5 Å². The van der Waals surface area contributed by atoms with Gasteiger partial charge < -0.3 is 10.6 Å². The average Bonchev–Trinajstić information content (AvgIpc) is 2.39. The molecule has 2 rings (SSSR count). The molecule has 0 saturated heterocycles. The number of halogens is 1. The molecule has 2 aromatic rings. The molecule has 0 amide bonds. The van der Waals surface area contributed by atoms with Crippen LogP contribution in [-0.2, 0) is 0 Å². The Morgan fingerprint density at radius 2 is 1.89 bits per heavy atom. The quantitative estimate of drug-likeness (QED) is 0.903. The van der Waals surface area contributed by atoms with Gasteiger partial charge in [0.1, 0.15) is 11.6 Å². The third-order valence-electron chi connectivity index (χ3n) is 2.84. The molecule has 0 fully saturated rings. The first kappa shape index (κ1) is 12.5. The van der Waals surface area contributed by atoms with E-state index in [1.54, 1.807) is 18.3 Å². The molecule has 1 heterocycles. The summed E-state index contributed by atoms with van der Waals surface area (Å²) in [5.41, 5.74) is 7.76. The number of anilines is 2. The minimum atomic E-state index is -0.249. The van der Waals surface area contributed by atoms with E-state index in [0.717, 1.165) is 17.1 Å². The SMILES string of the molecule is C[C@@H](N)c1cccnc1N(C)c1ccc(F)cc1. The molecule has 4 heteroatoms. The molecule has 0 radical (unpaired) electrons. The molecule has 0 saturated carbocycles. The maximum Gasteiger partial charge on any atom is 0.137 e. The van der Waals surface area contributed by atoms with Crippen LogP contribution < -0.4 is 10.6 Å². The third-order valence-corrected chi connectivity index (χ3v) is 2.84. The maximum absolute atomic E-state index is 12.9. The smallest absolute Gasteiger partial charge is 0.137 e. The first-order chi connectivity index (χ1) is 8.59. The Hall–Kier alpha value is -1.94. The summed E-state index contributed by atoms with van der Waals surface area (Å²) >= 11 is 0. The minimum Gasteiger partial charge on any atom is -0.329 e. The van der Waals surface area contributed by atoms with E-state index in [1.165, 1.54) is 12.1 Å². The fourth-order valence-electron chi connectivity index (χ4n) is 1.83. The zero-order valence-electron chi connectivity index (χ0n) is 10.5. The molecule has 1 aromatic carbocycles. The lowest BCUT2D eigenvalue weighted by Gasteiger charge is -2.22. The molecule has 0 aliphatic carbocycles. The van der Waals surface area contributed by atoms with E-state index in [-0.39, 0.29) is 11.9 Å². The highest BCUT2D eigenvalue weighted by Crippen LogP contribution is 2.27. The van der Waals surface area contributed by atoms with Gasteiger partial charge in [-0.05, 0) is 37.3 Å². The largest absolute Gasteiger partial charge is 0.329 e. The number of nitrogens with two attached hydrogens (primary N) is 1. The van der Waals surface area contributed by atoms with E-state index >= 15 is 0 Å². The van der Waals surface area contributed by atoms with Gasteiger partial charge in [-0.25, -0.2) is 9.37 Å². The molecule has 0 spiro atoms. The van der Waals surface area contributed by atoms with Crippen LogP contribution in [0, 0.1) is 5.82 Å².